The van der Waals surface area contributed by atoms with Crippen molar-refractivity contribution in [3.8, 4) is 6.07 Å². The van der Waals surface area contributed by atoms with Crippen LogP contribution in [0.25, 0.3) is 0 Å². The molecule has 1 atom stereocenters. The van der Waals surface area contributed by atoms with Gasteiger partial charge in [0.25, 0.3) is 0 Å². The summed E-state index contributed by atoms with van der Waals surface area (Å²) >= 11 is 0. The van der Waals surface area contributed by atoms with Gasteiger partial charge in [-0.25, -0.2) is 0 Å². The van der Waals surface area contributed by atoms with Crippen molar-refractivity contribution >= 4 is 0 Å². The van der Waals surface area contributed by atoms with Gasteiger partial charge in [-0.1, -0.05) is 12.1 Å². The third kappa shape index (κ3) is 2.68. The molecule has 0 bridgehead atoms. The molecule has 1 rings (SSSR count). The Labute approximate surface area is 84.1 Å². The third-order valence-electron chi connectivity index (χ3n) is 1.86. The topological polar surface area (TPSA) is 48.7 Å². The van der Waals surface area contributed by atoms with E-state index in [1.807, 2.05) is 19.1 Å². The highest BCUT2D eigenvalue weighted by atomic mass is 14.9. The number of nitrogens with one attached hydrogen (secondary N) is 1. The van der Waals surface area contributed by atoms with Crippen LogP contribution in [0.1, 0.15) is 17.3 Å². The van der Waals surface area contributed by atoms with Gasteiger partial charge in [-0.05, 0) is 13.0 Å². The third-order valence-corrected chi connectivity index (χ3v) is 1.86. The molecule has 0 saturated carbocycles. The van der Waals surface area contributed by atoms with E-state index >= 15 is 0 Å². The molecule has 3 nitrogen and oxygen atoms in total. The Morgan fingerprint density at radius 2 is 2.50 bits per heavy atom. The molecule has 72 valence electrons. The first-order valence-corrected chi connectivity index (χ1v) is 4.44. The molecule has 1 aromatic rings. The van der Waals surface area contributed by atoms with Crippen molar-refractivity contribution in [3.05, 3.63) is 42.2 Å². The molecule has 0 spiro atoms. The Hall–Kier alpha value is -1.66. The van der Waals surface area contributed by atoms with Crippen molar-refractivity contribution in [2.24, 2.45) is 0 Å². The summed E-state index contributed by atoms with van der Waals surface area (Å²) in [5, 5.41) is 11.9. The molecule has 0 aromatic carbocycles. The van der Waals surface area contributed by atoms with E-state index in [0.29, 0.717) is 6.54 Å². The molecule has 1 N–H and O–H groups in total. The summed E-state index contributed by atoms with van der Waals surface area (Å²) in [6.45, 7) is 6.12. The Kier molecular flexibility index (Phi) is 3.84. The zero-order valence-corrected chi connectivity index (χ0v) is 8.20. The van der Waals surface area contributed by atoms with Crippen molar-refractivity contribution in [2.75, 3.05) is 6.54 Å². The maximum Gasteiger partial charge on any atom is 0.123 e. The lowest BCUT2D eigenvalue weighted by atomic mass is 10.1. The first-order valence-electron chi connectivity index (χ1n) is 4.44. The van der Waals surface area contributed by atoms with Crippen molar-refractivity contribution < 1.29 is 0 Å². The van der Waals surface area contributed by atoms with Crippen molar-refractivity contribution in [3.63, 3.8) is 0 Å². The quantitative estimate of drug-likeness (QED) is 0.730. The van der Waals surface area contributed by atoms with Gasteiger partial charge in [0, 0.05) is 24.0 Å². The first-order chi connectivity index (χ1) is 6.77. The number of pyridine rings is 1. The molecule has 0 fully saturated rings. The molecule has 0 aliphatic carbocycles. The number of aromatic nitrogens is 1. The molecule has 0 aliphatic rings. The van der Waals surface area contributed by atoms with Crippen LogP contribution in [-0.2, 0) is 0 Å². The standard InChI is InChI=1S/C11H13N3/c1-3-6-13-11(7-12)10-5-4-9(2)14-8-10/h3-5,8,11,13H,1,6H2,2H3. The molecule has 1 heterocycles. The van der Waals surface area contributed by atoms with Crippen LogP contribution in [0.15, 0.2) is 31.0 Å². The fraction of sp³-hybridized carbons (Fsp3) is 0.273. The average Bonchev–Trinajstić information content (AvgIpc) is 2.21. The molecular formula is C11H13N3. The predicted molar refractivity (Wildman–Crippen MR) is 55.5 cm³/mol. The molecule has 0 saturated heterocycles. The van der Waals surface area contributed by atoms with Gasteiger partial charge in [0.1, 0.15) is 6.04 Å². The van der Waals surface area contributed by atoms with Gasteiger partial charge >= 0.3 is 0 Å². The van der Waals surface area contributed by atoms with E-state index < -0.39 is 0 Å². The monoisotopic (exact) mass is 187 g/mol. The van der Waals surface area contributed by atoms with Crippen LogP contribution >= 0.6 is 0 Å². The number of hydrogen-bond acceptors (Lipinski definition) is 3. The zero-order chi connectivity index (χ0) is 10.4. The van der Waals surface area contributed by atoms with Crippen LogP contribution in [0.5, 0.6) is 0 Å². The molecule has 0 radical (unpaired) electrons. The maximum atomic E-state index is 8.90. The van der Waals surface area contributed by atoms with E-state index in [0.717, 1.165) is 11.3 Å². The fourth-order valence-electron chi connectivity index (χ4n) is 1.09. The lowest BCUT2D eigenvalue weighted by Crippen LogP contribution is -2.19. The molecule has 0 aliphatic heterocycles. The lowest BCUT2D eigenvalue weighted by Gasteiger charge is -2.09. The van der Waals surface area contributed by atoms with Gasteiger partial charge in [0.2, 0.25) is 0 Å². The summed E-state index contributed by atoms with van der Waals surface area (Å²) in [5.41, 5.74) is 1.84. The molecule has 3 heteroatoms. The Morgan fingerprint density at radius 1 is 1.71 bits per heavy atom. The molecule has 1 aromatic heterocycles. The van der Waals surface area contributed by atoms with Crippen molar-refractivity contribution in [1.82, 2.24) is 10.3 Å². The van der Waals surface area contributed by atoms with E-state index in [-0.39, 0.29) is 6.04 Å². The second-order valence-corrected chi connectivity index (χ2v) is 2.99. The van der Waals surface area contributed by atoms with E-state index in [1.54, 1.807) is 12.3 Å². The van der Waals surface area contributed by atoms with Crippen LogP contribution in [-0.4, -0.2) is 11.5 Å². The molecule has 0 amide bonds. The summed E-state index contributed by atoms with van der Waals surface area (Å²) in [5.74, 6) is 0. The summed E-state index contributed by atoms with van der Waals surface area (Å²) < 4.78 is 0. The number of nitrogens with zero attached hydrogens (tertiary/aromatic N) is 2. The minimum atomic E-state index is -0.305. The number of rotatable bonds is 4. The maximum absolute atomic E-state index is 8.90. The Bertz CT molecular complexity index is 335. The molecular weight excluding hydrogens is 174 g/mol. The van der Waals surface area contributed by atoms with E-state index in [1.165, 1.54) is 0 Å². The second-order valence-electron chi connectivity index (χ2n) is 2.99. The van der Waals surface area contributed by atoms with E-state index in [2.05, 4.69) is 22.9 Å². The number of nitriles is 1. The van der Waals surface area contributed by atoms with Gasteiger partial charge in [-0.3, -0.25) is 10.3 Å². The highest BCUT2D eigenvalue weighted by molar-refractivity contribution is 5.22. The molecule has 14 heavy (non-hydrogen) atoms. The predicted octanol–water partition coefficient (Wildman–Crippen LogP) is 1.73. The van der Waals surface area contributed by atoms with Crippen molar-refractivity contribution in [2.45, 2.75) is 13.0 Å². The first kappa shape index (κ1) is 10.4. The highest BCUT2D eigenvalue weighted by Crippen LogP contribution is 2.10. The van der Waals surface area contributed by atoms with E-state index in [4.69, 9.17) is 5.26 Å². The van der Waals surface area contributed by atoms with Gasteiger partial charge in [-0.15, -0.1) is 6.58 Å². The van der Waals surface area contributed by atoms with Gasteiger partial charge in [-0.2, -0.15) is 5.26 Å². The smallest absolute Gasteiger partial charge is 0.123 e. The van der Waals surface area contributed by atoms with Gasteiger partial charge in [0.15, 0.2) is 0 Å². The minimum Gasteiger partial charge on any atom is -0.295 e. The lowest BCUT2D eigenvalue weighted by molar-refractivity contribution is 0.680. The van der Waals surface area contributed by atoms with Crippen LogP contribution < -0.4 is 5.32 Å². The SMILES string of the molecule is C=CCNC(C#N)c1ccc(C)nc1. The normalized spacial score (nSPS) is 11.7. The van der Waals surface area contributed by atoms with Gasteiger partial charge in [0.05, 0.1) is 6.07 Å². The van der Waals surface area contributed by atoms with Crippen LogP contribution in [0, 0.1) is 18.3 Å². The van der Waals surface area contributed by atoms with Crippen molar-refractivity contribution in [1.29, 1.82) is 5.26 Å². The number of aryl methyl sites for hydroxylation is 1. The van der Waals surface area contributed by atoms with E-state index in [9.17, 15) is 0 Å². The average molecular weight is 187 g/mol. The Morgan fingerprint density at radius 3 is 3.00 bits per heavy atom. The largest absolute Gasteiger partial charge is 0.295 e. The summed E-state index contributed by atoms with van der Waals surface area (Å²) in [4.78, 5) is 4.14. The summed E-state index contributed by atoms with van der Waals surface area (Å²) in [6.07, 6.45) is 3.45. The summed E-state index contributed by atoms with van der Waals surface area (Å²) in [6, 6.07) is 5.68. The Balaban J connectivity index is 2.74. The highest BCUT2D eigenvalue weighted by Gasteiger charge is 2.07. The number of hydrogen-bond donors (Lipinski definition) is 1. The second kappa shape index (κ2) is 5.15. The molecule has 1 unspecified atom stereocenters. The summed E-state index contributed by atoms with van der Waals surface area (Å²) in [7, 11) is 0. The van der Waals surface area contributed by atoms with Crippen LogP contribution in [0.4, 0.5) is 0 Å². The van der Waals surface area contributed by atoms with Crippen LogP contribution in [0.2, 0.25) is 0 Å². The zero-order valence-electron chi connectivity index (χ0n) is 8.20. The minimum absolute atomic E-state index is 0.305. The fourth-order valence-corrected chi connectivity index (χ4v) is 1.09. The van der Waals surface area contributed by atoms with Crippen LogP contribution in [0.3, 0.4) is 0 Å². The van der Waals surface area contributed by atoms with Gasteiger partial charge < -0.3 is 0 Å².